The smallest absolute Gasteiger partial charge is 0.342 e. The van der Waals surface area contributed by atoms with Crippen LogP contribution < -0.4 is 5.73 Å². The molecule has 19 heavy (non-hydrogen) atoms. The third kappa shape index (κ3) is 2.68. The molecular formula is C11H13N5O2S. The van der Waals surface area contributed by atoms with Gasteiger partial charge in [0, 0.05) is 6.20 Å². The van der Waals surface area contributed by atoms with Crippen molar-refractivity contribution in [1.82, 2.24) is 20.0 Å². The highest BCUT2D eigenvalue weighted by atomic mass is 32.2. The number of thioether (sulfide) groups is 1. The number of nitrogen functional groups attached to an aromatic ring is 1. The second-order valence-electron chi connectivity index (χ2n) is 3.71. The number of carboxylic acids is 1. The molecule has 0 fully saturated rings. The number of carboxylic acid groups (broad SMARTS) is 1. The van der Waals surface area contributed by atoms with Crippen LogP contribution in [-0.4, -0.2) is 36.8 Å². The maximum atomic E-state index is 11.3. The molecule has 2 aromatic heterocycles. The molecule has 0 radical (unpaired) electrons. The highest BCUT2D eigenvalue weighted by Gasteiger charge is 2.23. The summed E-state index contributed by atoms with van der Waals surface area (Å²) >= 11 is 1.36. The summed E-state index contributed by atoms with van der Waals surface area (Å²) < 4.78 is 1.30. The Bertz CT molecular complexity index is 584. The molecule has 0 bridgehead atoms. The van der Waals surface area contributed by atoms with Crippen LogP contribution in [-0.2, 0) is 0 Å². The molecule has 0 unspecified atom stereocenters. The fourth-order valence-electron chi connectivity index (χ4n) is 1.49. The number of nitrogens with zero attached hydrogens (tertiary/aromatic N) is 4. The summed E-state index contributed by atoms with van der Waals surface area (Å²) in [5.41, 5.74) is 5.87. The lowest BCUT2D eigenvalue weighted by Crippen LogP contribution is -2.07. The fraction of sp³-hybridized carbons (Fsp3) is 0.273. The van der Waals surface area contributed by atoms with Crippen molar-refractivity contribution in [2.45, 2.75) is 18.4 Å². The van der Waals surface area contributed by atoms with Gasteiger partial charge in [0.1, 0.15) is 16.4 Å². The minimum Gasteiger partial charge on any atom is -0.477 e. The zero-order valence-corrected chi connectivity index (χ0v) is 11.1. The van der Waals surface area contributed by atoms with Crippen LogP contribution in [0.3, 0.4) is 0 Å². The minimum atomic E-state index is -1.09. The van der Waals surface area contributed by atoms with Crippen molar-refractivity contribution in [1.29, 1.82) is 0 Å². The number of aromatic carboxylic acids is 1. The average molecular weight is 279 g/mol. The molecule has 0 saturated heterocycles. The van der Waals surface area contributed by atoms with Gasteiger partial charge in [-0.25, -0.2) is 4.79 Å². The highest BCUT2D eigenvalue weighted by molar-refractivity contribution is 7.99. The zero-order chi connectivity index (χ0) is 13.8. The first-order chi connectivity index (χ1) is 9.15. The Morgan fingerprint density at radius 2 is 2.37 bits per heavy atom. The zero-order valence-electron chi connectivity index (χ0n) is 10.3. The number of anilines is 1. The summed E-state index contributed by atoms with van der Waals surface area (Å²) in [5, 5.41) is 21.4. The Labute approximate surface area is 113 Å². The summed E-state index contributed by atoms with van der Waals surface area (Å²) in [6.07, 6.45) is 2.44. The van der Waals surface area contributed by atoms with E-state index in [0.717, 1.165) is 12.2 Å². The van der Waals surface area contributed by atoms with Crippen molar-refractivity contribution in [2.75, 3.05) is 11.5 Å². The lowest BCUT2D eigenvalue weighted by Gasteiger charge is -2.00. The molecule has 3 N–H and O–H groups in total. The standard InChI is InChI=1S/C11H13N5O2S/c1-2-6-19-10-8(11(17)18)9(12)16(15-10)7-4-3-5-13-14-7/h3-5H,2,6,12H2,1H3,(H,17,18). The van der Waals surface area contributed by atoms with Crippen LogP contribution in [0.15, 0.2) is 23.4 Å². The summed E-state index contributed by atoms with van der Waals surface area (Å²) in [6, 6.07) is 3.35. The largest absolute Gasteiger partial charge is 0.477 e. The number of nitrogens with two attached hydrogens (primary N) is 1. The number of carbonyl (C=O) groups is 1. The molecule has 0 amide bonds. The van der Waals surface area contributed by atoms with Crippen LogP contribution >= 0.6 is 11.8 Å². The minimum absolute atomic E-state index is 0.0177. The molecule has 2 rings (SSSR count). The van der Waals surface area contributed by atoms with Gasteiger partial charge < -0.3 is 10.8 Å². The van der Waals surface area contributed by atoms with E-state index in [1.807, 2.05) is 6.92 Å². The summed E-state index contributed by atoms with van der Waals surface area (Å²) in [6.45, 7) is 2.01. The predicted molar refractivity (Wildman–Crippen MR) is 71.5 cm³/mol. The topological polar surface area (TPSA) is 107 Å². The van der Waals surface area contributed by atoms with Crippen LogP contribution in [0.1, 0.15) is 23.7 Å². The molecule has 0 aromatic carbocycles. The number of aromatic nitrogens is 4. The van der Waals surface area contributed by atoms with Crippen LogP contribution in [0, 0.1) is 0 Å². The number of hydrogen-bond donors (Lipinski definition) is 2. The van der Waals surface area contributed by atoms with E-state index >= 15 is 0 Å². The van der Waals surface area contributed by atoms with E-state index in [4.69, 9.17) is 5.73 Å². The summed E-state index contributed by atoms with van der Waals surface area (Å²) in [5.74, 6) is 0.140. The Balaban J connectivity index is 2.49. The van der Waals surface area contributed by atoms with Gasteiger partial charge >= 0.3 is 5.97 Å². The molecule has 0 saturated carbocycles. The van der Waals surface area contributed by atoms with Gasteiger partial charge in [-0.3, -0.25) is 0 Å². The highest BCUT2D eigenvalue weighted by Crippen LogP contribution is 2.28. The van der Waals surface area contributed by atoms with Gasteiger partial charge in [-0.05, 0) is 24.3 Å². The van der Waals surface area contributed by atoms with Gasteiger partial charge in [0.25, 0.3) is 0 Å². The molecule has 0 aliphatic carbocycles. The van der Waals surface area contributed by atoms with Gasteiger partial charge in [-0.1, -0.05) is 6.92 Å². The van der Waals surface area contributed by atoms with Crippen molar-refractivity contribution in [3.05, 3.63) is 23.9 Å². The van der Waals surface area contributed by atoms with E-state index in [-0.39, 0.29) is 11.4 Å². The van der Waals surface area contributed by atoms with E-state index in [1.54, 1.807) is 12.1 Å². The lowest BCUT2D eigenvalue weighted by molar-refractivity contribution is 0.0694. The average Bonchev–Trinajstić information content (AvgIpc) is 2.74. The Hall–Kier alpha value is -2.09. The van der Waals surface area contributed by atoms with Gasteiger partial charge in [-0.2, -0.15) is 14.9 Å². The molecule has 0 spiro atoms. The first-order valence-electron chi connectivity index (χ1n) is 5.67. The number of hydrogen-bond acceptors (Lipinski definition) is 6. The van der Waals surface area contributed by atoms with Crippen molar-refractivity contribution in [3.8, 4) is 5.82 Å². The van der Waals surface area contributed by atoms with Gasteiger partial charge in [0.2, 0.25) is 0 Å². The van der Waals surface area contributed by atoms with Crippen LogP contribution in [0.4, 0.5) is 5.82 Å². The molecule has 0 atom stereocenters. The third-order valence-corrected chi connectivity index (χ3v) is 3.49. The van der Waals surface area contributed by atoms with Gasteiger partial charge in [0.05, 0.1) is 0 Å². The first kappa shape index (κ1) is 13.3. The molecular weight excluding hydrogens is 266 g/mol. The number of rotatable bonds is 5. The molecule has 8 heteroatoms. The molecule has 2 heterocycles. The summed E-state index contributed by atoms with van der Waals surface area (Å²) in [7, 11) is 0. The van der Waals surface area contributed by atoms with Crippen molar-refractivity contribution < 1.29 is 9.90 Å². The molecule has 0 aliphatic heterocycles. The van der Waals surface area contributed by atoms with E-state index in [2.05, 4.69) is 15.3 Å². The molecule has 0 aliphatic rings. The SMILES string of the molecule is CCCSc1nn(-c2cccnn2)c(N)c1C(=O)O. The van der Waals surface area contributed by atoms with Crippen LogP contribution in [0.2, 0.25) is 0 Å². The van der Waals surface area contributed by atoms with E-state index in [0.29, 0.717) is 10.8 Å². The fourth-order valence-corrected chi connectivity index (χ4v) is 2.37. The van der Waals surface area contributed by atoms with E-state index < -0.39 is 5.97 Å². The van der Waals surface area contributed by atoms with Crippen molar-refractivity contribution in [3.63, 3.8) is 0 Å². The Morgan fingerprint density at radius 1 is 1.58 bits per heavy atom. The maximum Gasteiger partial charge on any atom is 0.342 e. The van der Waals surface area contributed by atoms with Crippen molar-refractivity contribution in [2.24, 2.45) is 0 Å². The quantitative estimate of drug-likeness (QED) is 0.797. The lowest BCUT2D eigenvalue weighted by atomic mass is 10.3. The normalized spacial score (nSPS) is 10.6. The van der Waals surface area contributed by atoms with E-state index in [1.165, 1.54) is 22.6 Å². The molecule has 7 nitrogen and oxygen atoms in total. The monoisotopic (exact) mass is 279 g/mol. The van der Waals surface area contributed by atoms with Crippen molar-refractivity contribution >= 4 is 23.5 Å². The van der Waals surface area contributed by atoms with Crippen LogP contribution in [0.25, 0.3) is 5.82 Å². The predicted octanol–water partition coefficient (Wildman–Crippen LogP) is 1.44. The summed E-state index contributed by atoms with van der Waals surface area (Å²) in [4.78, 5) is 11.3. The Kier molecular flexibility index (Phi) is 4.00. The van der Waals surface area contributed by atoms with Crippen LogP contribution in [0.5, 0.6) is 0 Å². The Morgan fingerprint density at radius 3 is 2.95 bits per heavy atom. The van der Waals surface area contributed by atoms with Gasteiger partial charge in [0.15, 0.2) is 5.82 Å². The van der Waals surface area contributed by atoms with Gasteiger partial charge in [-0.15, -0.1) is 16.9 Å². The second kappa shape index (κ2) is 5.70. The molecule has 100 valence electrons. The maximum absolute atomic E-state index is 11.3. The third-order valence-electron chi connectivity index (χ3n) is 2.32. The second-order valence-corrected chi connectivity index (χ2v) is 4.80. The first-order valence-corrected chi connectivity index (χ1v) is 6.66. The molecule has 2 aromatic rings. The van der Waals surface area contributed by atoms with E-state index in [9.17, 15) is 9.90 Å².